The molecule has 1 nitrogen and oxygen atoms in total. The summed E-state index contributed by atoms with van der Waals surface area (Å²) in [7, 11) is 0. The minimum atomic E-state index is 0.405. The van der Waals surface area contributed by atoms with Crippen LogP contribution in [0.25, 0.3) is 0 Å². The summed E-state index contributed by atoms with van der Waals surface area (Å²) in [6.45, 7) is 10.4. The fraction of sp³-hybridized carbons (Fsp3) is 1.00. The molecule has 0 bridgehead atoms. The van der Waals surface area contributed by atoms with Gasteiger partial charge in [0.05, 0.1) is 0 Å². The van der Waals surface area contributed by atoms with Crippen LogP contribution in [-0.2, 0) is 0 Å². The van der Waals surface area contributed by atoms with Crippen molar-refractivity contribution in [3.05, 3.63) is 0 Å². The standard InChI is InChI=1S/C15H31N/c1-5-16-14(15(2,3)4)12-13-10-8-6-7-9-11-13/h13-14,16H,5-12H2,1-4H3. The largest absolute Gasteiger partial charge is 0.314 e. The molecule has 1 N–H and O–H groups in total. The van der Waals surface area contributed by atoms with Gasteiger partial charge in [-0.15, -0.1) is 0 Å². The van der Waals surface area contributed by atoms with Gasteiger partial charge < -0.3 is 5.32 Å². The third-order valence-corrected chi connectivity index (χ3v) is 4.04. The fourth-order valence-corrected chi connectivity index (χ4v) is 2.92. The summed E-state index contributed by atoms with van der Waals surface area (Å²) < 4.78 is 0. The van der Waals surface area contributed by atoms with Gasteiger partial charge in [0.25, 0.3) is 0 Å². The zero-order valence-corrected chi connectivity index (χ0v) is 11.8. The van der Waals surface area contributed by atoms with Crippen molar-refractivity contribution in [2.24, 2.45) is 11.3 Å². The van der Waals surface area contributed by atoms with Crippen LogP contribution in [-0.4, -0.2) is 12.6 Å². The average Bonchev–Trinajstić information content (AvgIpc) is 2.44. The second-order valence-corrected chi connectivity index (χ2v) is 6.57. The van der Waals surface area contributed by atoms with Crippen molar-refractivity contribution in [1.82, 2.24) is 5.32 Å². The Labute approximate surface area is 102 Å². The molecule has 1 unspecified atom stereocenters. The molecule has 1 heteroatoms. The Morgan fingerprint density at radius 2 is 1.62 bits per heavy atom. The van der Waals surface area contributed by atoms with E-state index in [0.29, 0.717) is 11.5 Å². The first-order valence-electron chi connectivity index (χ1n) is 7.27. The molecule has 0 saturated heterocycles. The highest BCUT2D eigenvalue weighted by Gasteiger charge is 2.26. The van der Waals surface area contributed by atoms with E-state index >= 15 is 0 Å². The molecule has 0 aromatic carbocycles. The molecule has 0 spiro atoms. The van der Waals surface area contributed by atoms with E-state index in [1.165, 1.54) is 44.9 Å². The Kier molecular flexibility index (Phi) is 5.82. The molecule has 0 aliphatic heterocycles. The Balaban J connectivity index is 2.46. The van der Waals surface area contributed by atoms with Crippen molar-refractivity contribution in [2.45, 2.75) is 78.7 Å². The van der Waals surface area contributed by atoms with Crippen molar-refractivity contribution >= 4 is 0 Å². The van der Waals surface area contributed by atoms with Crippen LogP contribution in [0.2, 0.25) is 0 Å². The lowest BCUT2D eigenvalue weighted by Crippen LogP contribution is -2.41. The molecule has 96 valence electrons. The summed E-state index contributed by atoms with van der Waals surface area (Å²) in [5, 5.41) is 3.69. The van der Waals surface area contributed by atoms with E-state index in [9.17, 15) is 0 Å². The molecule has 1 atom stereocenters. The van der Waals surface area contributed by atoms with Gasteiger partial charge >= 0.3 is 0 Å². The van der Waals surface area contributed by atoms with Crippen LogP contribution in [0.15, 0.2) is 0 Å². The lowest BCUT2D eigenvalue weighted by molar-refractivity contribution is 0.219. The Morgan fingerprint density at radius 1 is 1.06 bits per heavy atom. The molecular formula is C15H31N. The summed E-state index contributed by atoms with van der Waals surface area (Å²) in [5.74, 6) is 0.978. The smallest absolute Gasteiger partial charge is 0.0118 e. The highest BCUT2D eigenvalue weighted by atomic mass is 14.9. The van der Waals surface area contributed by atoms with Gasteiger partial charge in [0.2, 0.25) is 0 Å². The first-order chi connectivity index (χ1) is 7.54. The van der Waals surface area contributed by atoms with Gasteiger partial charge in [0.1, 0.15) is 0 Å². The van der Waals surface area contributed by atoms with Crippen molar-refractivity contribution in [3.63, 3.8) is 0 Å². The Morgan fingerprint density at radius 3 is 2.06 bits per heavy atom. The van der Waals surface area contributed by atoms with E-state index < -0.39 is 0 Å². The second-order valence-electron chi connectivity index (χ2n) is 6.57. The lowest BCUT2D eigenvalue weighted by atomic mass is 9.79. The first kappa shape index (κ1) is 14.0. The van der Waals surface area contributed by atoms with Gasteiger partial charge in [-0.3, -0.25) is 0 Å². The van der Waals surface area contributed by atoms with Gasteiger partial charge in [-0.05, 0) is 24.3 Å². The van der Waals surface area contributed by atoms with Crippen molar-refractivity contribution in [3.8, 4) is 0 Å². The number of hydrogen-bond acceptors (Lipinski definition) is 1. The Hall–Kier alpha value is -0.0400. The molecule has 0 heterocycles. The van der Waals surface area contributed by atoms with Gasteiger partial charge in [-0.1, -0.05) is 66.2 Å². The summed E-state index contributed by atoms with van der Waals surface area (Å²) in [5.41, 5.74) is 0.405. The monoisotopic (exact) mass is 225 g/mol. The van der Waals surface area contributed by atoms with E-state index in [4.69, 9.17) is 0 Å². The van der Waals surface area contributed by atoms with E-state index in [1.807, 2.05) is 0 Å². The maximum Gasteiger partial charge on any atom is 0.0118 e. The summed E-state index contributed by atoms with van der Waals surface area (Å²) >= 11 is 0. The minimum absolute atomic E-state index is 0.405. The quantitative estimate of drug-likeness (QED) is 0.701. The molecular weight excluding hydrogens is 194 g/mol. The molecule has 1 rings (SSSR count). The highest BCUT2D eigenvalue weighted by molar-refractivity contribution is 4.83. The summed E-state index contributed by atoms with van der Waals surface area (Å²) in [4.78, 5) is 0. The Bertz CT molecular complexity index is 172. The van der Waals surface area contributed by atoms with Crippen LogP contribution in [0.1, 0.15) is 72.6 Å². The van der Waals surface area contributed by atoms with Crippen LogP contribution >= 0.6 is 0 Å². The molecule has 0 amide bonds. The normalized spacial score (nSPS) is 21.8. The maximum atomic E-state index is 3.69. The van der Waals surface area contributed by atoms with Crippen LogP contribution in [0.3, 0.4) is 0 Å². The van der Waals surface area contributed by atoms with Gasteiger partial charge in [0.15, 0.2) is 0 Å². The first-order valence-corrected chi connectivity index (χ1v) is 7.27. The summed E-state index contributed by atoms with van der Waals surface area (Å²) in [6, 6.07) is 0.695. The number of nitrogens with one attached hydrogen (secondary N) is 1. The van der Waals surface area contributed by atoms with E-state index in [-0.39, 0.29) is 0 Å². The van der Waals surface area contributed by atoms with E-state index in [0.717, 1.165) is 12.5 Å². The third-order valence-electron chi connectivity index (χ3n) is 4.04. The molecule has 1 saturated carbocycles. The van der Waals surface area contributed by atoms with Gasteiger partial charge in [0, 0.05) is 6.04 Å². The van der Waals surface area contributed by atoms with Gasteiger partial charge in [-0.2, -0.15) is 0 Å². The summed E-state index contributed by atoms with van der Waals surface area (Å²) in [6.07, 6.45) is 10.2. The van der Waals surface area contributed by atoms with Crippen molar-refractivity contribution in [1.29, 1.82) is 0 Å². The van der Waals surface area contributed by atoms with Crippen LogP contribution in [0.4, 0.5) is 0 Å². The molecule has 1 aliphatic rings. The molecule has 1 aliphatic carbocycles. The third kappa shape index (κ3) is 4.86. The molecule has 16 heavy (non-hydrogen) atoms. The van der Waals surface area contributed by atoms with Crippen LogP contribution in [0.5, 0.6) is 0 Å². The number of hydrogen-bond donors (Lipinski definition) is 1. The zero-order valence-electron chi connectivity index (χ0n) is 11.8. The fourth-order valence-electron chi connectivity index (χ4n) is 2.92. The zero-order chi connectivity index (χ0) is 12.0. The molecule has 1 fully saturated rings. The molecule has 0 aromatic heterocycles. The second kappa shape index (κ2) is 6.64. The van der Waals surface area contributed by atoms with Crippen molar-refractivity contribution in [2.75, 3.05) is 6.54 Å². The molecule has 0 aromatic rings. The van der Waals surface area contributed by atoms with Crippen LogP contribution < -0.4 is 5.32 Å². The topological polar surface area (TPSA) is 12.0 Å². The van der Waals surface area contributed by atoms with Gasteiger partial charge in [-0.25, -0.2) is 0 Å². The van der Waals surface area contributed by atoms with Crippen molar-refractivity contribution < 1.29 is 0 Å². The SMILES string of the molecule is CCNC(CC1CCCCCC1)C(C)(C)C. The predicted molar refractivity (Wildman–Crippen MR) is 72.7 cm³/mol. The number of rotatable bonds is 4. The maximum absolute atomic E-state index is 3.69. The van der Waals surface area contributed by atoms with E-state index in [2.05, 4.69) is 33.0 Å². The minimum Gasteiger partial charge on any atom is -0.314 e. The highest BCUT2D eigenvalue weighted by Crippen LogP contribution is 2.31. The van der Waals surface area contributed by atoms with E-state index in [1.54, 1.807) is 0 Å². The molecule has 0 radical (unpaired) electrons. The lowest BCUT2D eigenvalue weighted by Gasteiger charge is -2.34. The van der Waals surface area contributed by atoms with Crippen LogP contribution in [0, 0.1) is 11.3 Å². The average molecular weight is 225 g/mol. The predicted octanol–water partition coefficient (Wildman–Crippen LogP) is 4.37.